The smallest absolute Gasteiger partial charge is 0.332 e. The summed E-state index contributed by atoms with van der Waals surface area (Å²) in [7, 11) is 1.44. The van der Waals surface area contributed by atoms with Crippen molar-refractivity contribution in [2.24, 2.45) is 0 Å². The topological polar surface area (TPSA) is 92.9 Å². The highest BCUT2D eigenvalue weighted by atomic mass is 32.1. The van der Waals surface area contributed by atoms with Crippen molar-refractivity contribution in [1.82, 2.24) is 9.29 Å². The number of hydrogen-bond acceptors (Lipinski definition) is 6. The van der Waals surface area contributed by atoms with Crippen molar-refractivity contribution >= 4 is 41.4 Å². The number of H-pyrrole nitrogens is 1. The average Bonchev–Trinajstić information content (AvgIpc) is 3.20. The first-order valence-electron chi connectivity index (χ1n) is 11.9. The van der Waals surface area contributed by atoms with Crippen molar-refractivity contribution in [2.75, 3.05) is 19.0 Å². The fourth-order valence-corrected chi connectivity index (χ4v) is 3.72. The number of esters is 1. The summed E-state index contributed by atoms with van der Waals surface area (Å²) < 4.78 is 44.9. The second-order valence-corrected chi connectivity index (χ2v) is 11.1. The Hall–Kier alpha value is -3.31. The number of aromatic amines is 1. The Balaban J connectivity index is 1.89. The molecule has 3 rings (SSSR count). The monoisotopic (exact) mass is 549 g/mol. The molecule has 206 valence electrons. The second-order valence-electron chi connectivity index (χ2n) is 10.7. The van der Waals surface area contributed by atoms with Crippen molar-refractivity contribution in [3.05, 3.63) is 48.0 Å². The molecule has 0 spiro atoms. The SMILES string of the molecule is COc1ccc(-c2cc3cc(F)c(F)cc3[nH]2)cc1NC(=O)N(S)[C@@H](COC(C)(C)C)C(=O)OC(C)(C)C. The molecule has 11 heteroatoms. The normalized spacial score (nSPS) is 12.8. The Bertz CT molecular complexity index is 1290. The minimum atomic E-state index is -1.15. The number of carbonyl (C=O) groups excluding carboxylic acids is 2. The van der Waals surface area contributed by atoms with Crippen LogP contribution in [0.4, 0.5) is 19.3 Å². The van der Waals surface area contributed by atoms with Crippen LogP contribution in [0, 0.1) is 11.6 Å². The number of hydrogen-bond donors (Lipinski definition) is 3. The van der Waals surface area contributed by atoms with Crippen LogP contribution in [0.15, 0.2) is 36.4 Å². The van der Waals surface area contributed by atoms with Crippen molar-refractivity contribution in [3.63, 3.8) is 0 Å². The summed E-state index contributed by atoms with van der Waals surface area (Å²) in [6, 6.07) is 6.96. The van der Waals surface area contributed by atoms with E-state index in [0.29, 0.717) is 27.9 Å². The van der Waals surface area contributed by atoms with E-state index >= 15 is 0 Å². The van der Waals surface area contributed by atoms with E-state index < -0.39 is 40.9 Å². The molecule has 0 saturated carbocycles. The molecule has 0 aliphatic rings. The highest BCUT2D eigenvalue weighted by molar-refractivity contribution is 7.78. The molecule has 3 aromatic rings. The van der Waals surface area contributed by atoms with E-state index in [1.54, 1.807) is 45.0 Å². The van der Waals surface area contributed by atoms with Gasteiger partial charge in [-0.15, -0.1) is 0 Å². The molecule has 2 amide bonds. The molecule has 2 aromatic carbocycles. The maximum absolute atomic E-state index is 13.7. The summed E-state index contributed by atoms with van der Waals surface area (Å²) >= 11 is 4.30. The predicted molar refractivity (Wildman–Crippen MR) is 145 cm³/mol. The van der Waals surface area contributed by atoms with Crippen LogP contribution in [0.25, 0.3) is 22.2 Å². The van der Waals surface area contributed by atoms with Gasteiger partial charge in [0.05, 0.1) is 25.0 Å². The van der Waals surface area contributed by atoms with E-state index in [0.717, 1.165) is 16.4 Å². The molecular weight excluding hydrogens is 516 g/mol. The molecule has 0 aliphatic carbocycles. The van der Waals surface area contributed by atoms with E-state index in [1.807, 2.05) is 20.8 Å². The number of nitrogens with one attached hydrogen (secondary N) is 2. The highest BCUT2D eigenvalue weighted by Crippen LogP contribution is 2.33. The third-order valence-corrected chi connectivity index (χ3v) is 5.73. The largest absolute Gasteiger partial charge is 0.495 e. The average molecular weight is 550 g/mol. The number of fused-ring (bicyclic) bond motifs is 1. The summed E-state index contributed by atoms with van der Waals surface area (Å²) in [5, 5.41) is 3.19. The highest BCUT2D eigenvalue weighted by Gasteiger charge is 2.34. The molecule has 0 unspecified atom stereocenters. The third kappa shape index (κ3) is 7.38. The van der Waals surface area contributed by atoms with Gasteiger partial charge in [-0.2, -0.15) is 0 Å². The fourth-order valence-electron chi connectivity index (χ4n) is 3.51. The van der Waals surface area contributed by atoms with Crippen LogP contribution in [0.5, 0.6) is 5.75 Å². The van der Waals surface area contributed by atoms with Gasteiger partial charge >= 0.3 is 12.0 Å². The molecule has 2 N–H and O–H groups in total. The van der Waals surface area contributed by atoms with Gasteiger partial charge in [0.2, 0.25) is 0 Å². The molecule has 1 heterocycles. The lowest BCUT2D eigenvalue weighted by atomic mass is 10.1. The molecular formula is C27H33F2N3O5S. The van der Waals surface area contributed by atoms with Gasteiger partial charge < -0.3 is 24.5 Å². The van der Waals surface area contributed by atoms with Crippen LogP contribution >= 0.6 is 12.8 Å². The first kappa shape index (κ1) is 29.2. The Labute approximate surface area is 226 Å². The number of halogens is 2. The minimum absolute atomic E-state index is 0.144. The number of aromatic nitrogens is 1. The number of amides is 2. The van der Waals surface area contributed by atoms with Gasteiger partial charge in [0.25, 0.3) is 0 Å². The van der Waals surface area contributed by atoms with Crippen LogP contribution in [0.3, 0.4) is 0 Å². The third-order valence-electron chi connectivity index (χ3n) is 5.27. The fraction of sp³-hybridized carbons (Fsp3) is 0.407. The maximum Gasteiger partial charge on any atom is 0.332 e. The van der Waals surface area contributed by atoms with Crippen LogP contribution in [-0.2, 0) is 14.3 Å². The maximum atomic E-state index is 13.7. The van der Waals surface area contributed by atoms with Crippen LogP contribution in [0.1, 0.15) is 41.5 Å². The Kier molecular flexibility index (Phi) is 8.62. The lowest BCUT2D eigenvalue weighted by molar-refractivity contribution is -0.162. The summed E-state index contributed by atoms with van der Waals surface area (Å²) in [4.78, 5) is 29.2. The van der Waals surface area contributed by atoms with Crippen molar-refractivity contribution < 1.29 is 32.6 Å². The van der Waals surface area contributed by atoms with Crippen LogP contribution < -0.4 is 10.1 Å². The molecule has 8 nitrogen and oxygen atoms in total. The number of methoxy groups -OCH3 is 1. The molecule has 0 radical (unpaired) electrons. The number of benzene rings is 2. The number of thiol groups is 1. The molecule has 1 aromatic heterocycles. The van der Waals surface area contributed by atoms with Crippen LogP contribution in [0.2, 0.25) is 0 Å². The van der Waals surface area contributed by atoms with E-state index in [9.17, 15) is 18.4 Å². The zero-order valence-corrected chi connectivity index (χ0v) is 23.3. The summed E-state index contributed by atoms with van der Waals surface area (Å²) in [6.07, 6.45) is 0. The van der Waals surface area contributed by atoms with Gasteiger partial charge in [0.1, 0.15) is 11.4 Å². The molecule has 0 bridgehead atoms. The minimum Gasteiger partial charge on any atom is -0.495 e. The number of carbonyl (C=O) groups is 2. The van der Waals surface area contributed by atoms with Gasteiger partial charge in [-0.25, -0.2) is 18.4 Å². The zero-order valence-electron chi connectivity index (χ0n) is 22.4. The van der Waals surface area contributed by atoms with Gasteiger partial charge in [-0.05, 0) is 71.9 Å². The van der Waals surface area contributed by atoms with Crippen molar-refractivity contribution in [1.29, 1.82) is 0 Å². The lowest BCUT2D eigenvalue weighted by Crippen LogP contribution is -2.48. The summed E-state index contributed by atoms with van der Waals surface area (Å²) in [6.45, 7) is 10.5. The van der Waals surface area contributed by atoms with Crippen molar-refractivity contribution in [3.8, 4) is 17.0 Å². The van der Waals surface area contributed by atoms with Crippen molar-refractivity contribution in [2.45, 2.75) is 58.8 Å². The molecule has 0 saturated heterocycles. The lowest BCUT2D eigenvalue weighted by Gasteiger charge is -2.31. The summed E-state index contributed by atoms with van der Waals surface area (Å²) in [5.74, 6) is -2.24. The zero-order chi connectivity index (χ0) is 28.4. The van der Waals surface area contributed by atoms with Crippen LogP contribution in [-0.4, -0.2) is 52.3 Å². The number of nitrogens with zero attached hydrogens (tertiary/aromatic N) is 1. The molecule has 1 atom stereocenters. The number of anilines is 1. The Morgan fingerprint density at radius 3 is 2.29 bits per heavy atom. The van der Waals surface area contributed by atoms with E-state index in [1.165, 1.54) is 7.11 Å². The second kappa shape index (κ2) is 11.2. The van der Waals surface area contributed by atoms with Gasteiger partial charge in [0, 0.05) is 28.2 Å². The van der Waals surface area contributed by atoms with E-state index in [2.05, 4.69) is 23.1 Å². The van der Waals surface area contributed by atoms with E-state index in [-0.39, 0.29) is 12.3 Å². The molecule has 0 fully saturated rings. The molecule has 38 heavy (non-hydrogen) atoms. The Morgan fingerprint density at radius 2 is 1.68 bits per heavy atom. The predicted octanol–water partition coefficient (Wildman–Crippen LogP) is 6.33. The summed E-state index contributed by atoms with van der Waals surface area (Å²) in [5.41, 5.74) is 0.518. The molecule has 0 aliphatic heterocycles. The number of urea groups is 1. The first-order chi connectivity index (χ1) is 17.6. The van der Waals surface area contributed by atoms with Gasteiger partial charge in [-0.3, -0.25) is 4.31 Å². The Morgan fingerprint density at radius 1 is 1.03 bits per heavy atom. The first-order valence-corrected chi connectivity index (χ1v) is 12.3. The standard InChI is InChI=1S/C27H33F2N3O5S/c1-26(2,3)36-14-22(24(33)37-27(4,5)6)32(38)25(34)31-21-11-15(8-9-23(21)35-7)19-12-16-10-17(28)18(29)13-20(16)30-19/h8-13,22,30,38H,14H2,1-7H3,(H,31,34)/t22-/m0/s1. The quantitative estimate of drug-likeness (QED) is 0.237. The number of rotatable bonds is 7. The number of ether oxygens (including phenoxy) is 3. The van der Waals surface area contributed by atoms with E-state index in [4.69, 9.17) is 14.2 Å². The van der Waals surface area contributed by atoms with Gasteiger partial charge in [0.15, 0.2) is 17.7 Å². The van der Waals surface area contributed by atoms with Gasteiger partial charge in [-0.1, -0.05) is 12.8 Å².